The number of esters is 3. The summed E-state index contributed by atoms with van der Waals surface area (Å²) in [5, 5.41) is 0. The molecule has 0 bridgehead atoms. The lowest BCUT2D eigenvalue weighted by molar-refractivity contribution is -0.167. The topological polar surface area (TPSA) is 78.9 Å². The minimum Gasteiger partial charge on any atom is -0.462 e. The van der Waals surface area contributed by atoms with E-state index < -0.39 is 6.10 Å². The molecule has 6 heteroatoms. The van der Waals surface area contributed by atoms with Crippen molar-refractivity contribution in [2.24, 2.45) is 0 Å². The first-order chi connectivity index (χ1) is 36.0. The summed E-state index contributed by atoms with van der Waals surface area (Å²) in [6, 6.07) is 0. The number of hydrogen-bond donors (Lipinski definition) is 0. The zero-order valence-corrected chi connectivity index (χ0v) is 48.1. The van der Waals surface area contributed by atoms with Crippen molar-refractivity contribution >= 4 is 17.9 Å². The molecule has 0 fully saturated rings. The lowest BCUT2D eigenvalue weighted by atomic mass is 10.0. The van der Waals surface area contributed by atoms with E-state index in [2.05, 4.69) is 106 Å². The molecule has 0 heterocycles. The molecule has 0 rings (SSSR count). The van der Waals surface area contributed by atoms with E-state index in [0.29, 0.717) is 19.3 Å². The van der Waals surface area contributed by atoms with Gasteiger partial charge in [-0.2, -0.15) is 0 Å². The molecule has 1 atom stereocenters. The van der Waals surface area contributed by atoms with Gasteiger partial charge in [-0.15, -0.1) is 0 Å². The fourth-order valence-electron chi connectivity index (χ4n) is 8.69. The van der Waals surface area contributed by atoms with E-state index in [0.717, 1.165) is 109 Å². The van der Waals surface area contributed by atoms with Crippen LogP contribution in [0.3, 0.4) is 0 Å². The molecule has 0 spiro atoms. The zero-order chi connectivity index (χ0) is 52.9. The zero-order valence-electron chi connectivity index (χ0n) is 48.1. The summed E-state index contributed by atoms with van der Waals surface area (Å²) in [4.78, 5) is 38.3. The van der Waals surface area contributed by atoms with E-state index in [1.165, 1.54) is 154 Å². The summed E-state index contributed by atoms with van der Waals surface area (Å²) in [6.45, 7) is 6.51. The van der Waals surface area contributed by atoms with Gasteiger partial charge in [-0.3, -0.25) is 14.4 Å². The maximum atomic E-state index is 12.9. The van der Waals surface area contributed by atoms with Crippen LogP contribution in [0.15, 0.2) is 85.1 Å². The minimum absolute atomic E-state index is 0.0895. The van der Waals surface area contributed by atoms with Crippen molar-refractivity contribution in [1.82, 2.24) is 0 Å². The van der Waals surface area contributed by atoms with Crippen LogP contribution in [0.25, 0.3) is 0 Å². The van der Waals surface area contributed by atoms with Crippen LogP contribution in [0, 0.1) is 0 Å². The summed E-state index contributed by atoms with van der Waals surface area (Å²) < 4.78 is 16.9. The predicted octanol–water partition coefficient (Wildman–Crippen LogP) is 21.1. The Labute approximate surface area is 452 Å². The normalized spacial score (nSPS) is 12.6. The van der Waals surface area contributed by atoms with Crippen LogP contribution in [-0.4, -0.2) is 37.2 Å². The molecule has 0 amide bonds. The molecule has 0 aromatic rings. The van der Waals surface area contributed by atoms with E-state index in [-0.39, 0.29) is 31.1 Å². The molecule has 0 aliphatic rings. The summed E-state index contributed by atoms with van der Waals surface area (Å²) in [6.07, 6.45) is 80.1. The van der Waals surface area contributed by atoms with Crippen molar-refractivity contribution in [2.75, 3.05) is 13.2 Å². The third-order valence-corrected chi connectivity index (χ3v) is 13.4. The van der Waals surface area contributed by atoms with Gasteiger partial charge < -0.3 is 14.2 Å². The molecule has 1 unspecified atom stereocenters. The molecule has 73 heavy (non-hydrogen) atoms. The van der Waals surface area contributed by atoms with Crippen LogP contribution in [0.5, 0.6) is 0 Å². The Hall–Kier alpha value is -3.41. The van der Waals surface area contributed by atoms with E-state index in [9.17, 15) is 14.4 Å². The second kappa shape index (κ2) is 61.1. The Morgan fingerprint density at radius 3 is 0.849 bits per heavy atom. The first kappa shape index (κ1) is 69.6. The number of rotatable bonds is 56. The van der Waals surface area contributed by atoms with Crippen LogP contribution >= 0.6 is 0 Å². The number of ether oxygens (including phenoxy) is 3. The van der Waals surface area contributed by atoms with Crippen LogP contribution < -0.4 is 0 Å². The summed E-state index contributed by atoms with van der Waals surface area (Å²) in [5.41, 5.74) is 0. The molecule has 0 aromatic heterocycles. The van der Waals surface area contributed by atoms with Crippen LogP contribution in [-0.2, 0) is 28.6 Å². The van der Waals surface area contributed by atoms with Gasteiger partial charge in [0.2, 0.25) is 0 Å². The Morgan fingerprint density at radius 2 is 0.534 bits per heavy atom. The fourth-order valence-corrected chi connectivity index (χ4v) is 8.69. The Morgan fingerprint density at radius 1 is 0.288 bits per heavy atom. The highest BCUT2D eigenvalue weighted by atomic mass is 16.6. The smallest absolute Gasteiger partial charge is 0.306 e. The van der Waals surface area contributed by atoms with Gasteiger partial charge in [0, 0.05) is 19.3 Å². The Balaban J connectivity index is 4.38. The van der Waals surface area contributed by atoms with Gasteiger partial charge >= 0.3 is 17.9 Å². The molecular formula is C67H116O6. The lowest BCUT2D eigenvalue weighted by Crippen LogP contribution is -2.30. The fraction of sp³-hybridized carbons (Fsp3) is 0.746. The highest BCUT2D eigenvalue weighted by molar-refractivity contribution is 5.71. The van der Waals surface area contributed by atoms with Gasteiger partial charge in [-0.25, -0.2) is 0 Å². The quantitative estimate of drug-likeness (QED) is 0.0261. The standard InChI is InChI=1S/C67H116O6/c1-4-7-10-13-16-19-22-25-28-30-31-32-33-34-35-37-39-42-45-48-51-54-57-60-66(69)72-63-64(62-71-65(68)59-56-53-50-47-44-41-38-27-24-21-18-15-12-9-6-3)73-67(70)61-58-55-52-49-46-43-40-36-29-26-23-20-17-14-11-8-5-2/h8,11,17,20,22,25-27,29-31,38,40,43,64H,4-7,9-10,12-16,18-19,21,23-24,28,32-37,39,41-42,44-63H2,1-3H3/b11-8-,20-17-,25-22-,29-26-,31-30-,38-27-,43-40-. The summed E-state index contributed by atoms with van der Waals surface area (Å²) >= 11 is 0. The van der Waals surface area contributed by atoms with E-state index in [4.69, 9.17) is 14.2 Å². The molecule has 0 saturated heterocycles. The number of allylic oxidation sites excluding steroid dienone is 14. The molecule has 0 N–H and O–H groups in total. The molecule has 0 saturated carbocycles. The van der Waals surface area contributed by atoms with Gasteiger partial charge in [-0.05, 0) is 116 Å². The van der Waals surface area contributed by atoms with Crippen molar-refractivity contribution < 1.29 is 28.6 Å². The van der Waals surface area contributed by atoms with Crippen molar-refractivity contribution in [3.8, 4) is 0 Å². The van der Waals surface area contributed by atoms with Crippen molar-refractivity contribution in [3.63, 3.8) is 0 Å². The molecule has 0 aromatic carbocycles. The second-order valence-corrected chi connectivity index (χ2v) is 20.6. The van der Waals surface area contributed by atoms with Crippen LogP contribution in [0.2, 0.25) is 0 Å². The molecule has 0 aliphatic carbocycles. The summed E-state index contributed by atoms with van der Waals surface area (Å²) in [7, 11) is 0. The summed E-state index contributed by atoms with van der Waals surface area (Å²) in [5.74, 6) is -0.914. The van der Waals surface area contributed by atoms with E-state index in [1.54, 1.807) is 0 Å². The van der Waals surface area contributed by atoms with Crippen LogP contribution in [0.4, 0.5) is 0 Å². The average molecular weight is 1020 g/mol. The third kappa shape index (κ3) is 59.3. The van der Waals surface area contributed by atoms with Crippen LogP contribution in [0.1, 0.15) is 303 Å². The maximum Gasteiger partial charge on any atom is 0.306 e. The highest BCUT2D eigenvalue weighted by Crippen LogP contribution is 2.15. The van der Waals surface area contributed by atoms with E-state index in [1.807, 2.05) is 0 Å². The Kier molecular flexibility index (Phi) is 58.3. The molecule has 420 valence electrons. The molecule has 6 nitrogen and oxygen atoms in total. The number of hydrogen-bond acceptors (Lipinski definition) is 6. The van der Waals surface area contributed by atoms with Gasteiger partial charge in [-0.1, -0.05) is 254 Å². The molecular weight excluding hydrogens is 901 g/mol. The highest BCUT2D eigenvalue weighted by Gasteiger charge is 2.19. The first-order valence-electron chi connectivity index (χ1n) is 31.1. The molecule has 0 radical (unpaired) electrons. The molecule has 0 aliphatic heterocycles. The average Bonchev–Trinajstić information content (AvgIpc) is 3.39. The maximum absolute atomic E-state index is 12.9. The lowest BCUT2D eigenvalue weighted by Gasteiger charge is -2.18. The van der Waals surface area contributed by atoms with Crippen molar-refractivity contribution in [2.45, 2.75) is 309 Å². The number of carbonyl (C=O) groups excluding carboxylic acids is 3. The number of unbranched alkanes of at least 4 members (excludes halogenated alkanes) is 31. The first-order valence-corrected chi connectivity index (χ1v) is 31.1. The predicted molar refractivity (Wildman–Crippen MR) is 316 cm³/mol. The second-order valence-electron chi connectivity index (χ2n) is 20.6. The van der Waals surface area contributed by atoms with Crippen molar-refractivity contribution in [1.29, 1.82) is 0 Å². The minimum atomic E-state index is -0.795. The third-order valence-electron chi connectivity index (χ3n) is 13.4. The van der Waals surface area contributed by atoms with Gasteiger partial charge in [0.05, 0.1) is 0 Å². The van der Waals surface area contributed by atoms with Gasteiger partial charge in [0.1, 0.15) is 13.2 Å². The SMILES string of the molecule is CC/C=C\C/C=C\C/C=C\C/C=C\CCCCCCC(=O)OC(COC(=O)CCCCCCC/C=C\CCCCCCCC)COC(=O)CCCCCCCCCCCCC/C=C\C/C=C\CCCCCCC. The monoisotopic (exact) mass is 1020 g/mol. The number of carbonyl (C=O) groups is 3. The largest absolute Gasteiger partial charge is 0.462 e. The van der Waals surface area contributed by atoms with E-state index >= 15 is 0 Å². The van der Waals surface area contributed by atoms with Gasteiger partial charge in [0.25, 0.3) is 0 Å². The van der Waals surface area contributed by atoms with Gasteiger partial charge in [0.15, 0.2) is 6.10 Å². The Bertz CT molecular complexity index is 1400. The van der Waals surface area contributed by atoms with Crippen molar-refractivity contribution in [3.05, 3.63) is 85.1 Å².